The molecule has 0 spiro atoms. The van der Waals surface area contributed by atoms with E-state index in [1.54, 1.807) is 29.6 Å². The molecule has 0 aliphatic carbocycles. The van der Waals surface area contributed by atoms with E-state index in [1.807, 2.05) is 24.3 Å². The van der Waals surface area contributed by atoms with E-state index in [1.165, 1.54) is 20.4 Å². The lowest BCUT2D eigenvalue weighted by Crippen LogP contribution is -2.26. The third-order valence-electron chi connectivity index (χ3n) is 4.64. The molecule has 1 atom stereocenters. The van der Waals surface area contributed by atoms with Crippen LogP contribution in [0.4, 0.5) is 0 Å². The molecule has 4 aromatic rings. The maximum atomic E-state index is 11.2. The van der Waals surface area contributed by atoms with Gasteiger partial charge < -0.3 is 19.1 Å². The summed E-state index contributed by atoms with van der Waals surface area (Å²) in [6.45, 7) is 3.54. The molecule has 5 nitrogen and oxygen atoms in total. The lowest BCUT2D eigenvalue weighted by atomic mass is 10.1. The number of hydrogen-bond acceptors (Lipinski definition) is 5. The van der Waals surface area contributed by atoms with Crippen molar-refractivity contribution in [2.45, 2.75) is 26.0 Å². The molecule has 1 aromatic carbocycles. The van der Waals surface area contributed by atoms with Gasteiger partial charge in [0.2, 0.25) is 0 Å². The Labute approximate surface area is 170 Å². The summed E-state index contributed by atoms with van der Waals surface area (Å²) in [6, 6.07) is 11.9. The van der Waals surface area contributed by atoms with Crippen molar-refractivity contribution in [2.24, 2.45) is 0 Å². The Morgan fingerprint density at radius 2 is 1.71 bits per heavy atom. The molecule has 1 unspecified atom stereocenters. The quantitative estimate of drug-likeness (QED) is 0.417. The smallest absolute Gasteiger partial charge is 0.333 e. The molecule has 0 aliphatic rings. The first-order valence-electron chi connectivity index (χ1n) is 9.16. The van der Waals surface area contributed by atoms with Gasteiger partial charge in [-0.25, -0.2) is 4.79 Å². The highest BCUT2D eigenvalue weighted by Gasteiger charge is 2.18. The average Bonchev–Trinajstić information content (AvgIpc) is 3.39. The monoisotopic (exact) mass is 415 g/mol. The summed E-state index contributed by atoms with van der Waals surface area (Å²) in [5.41, 5.74) is 0.916. The molecule has 28 heavy (non-hydrogen) atoms. The Bertz CT molecular complexity index is 1030. The Morgan fingerprint density at radius 3 is 2.29 bits per heavy atom. The first kappa shape index (κ1) is 19.0. The fraction of sp³-hybridized carbons (Fsp3) is 0.286. The molecule has 0 saturated heterocycles. The van der Waals surface area contributed by atoms with Crippen LogP contribution in [0.2, 0.25) is 0 Å². The van der Waals surface area contributed by atoms with Crippen LogP contribution in [0.5, 0.6) is 5.75 Å². The topological polar surface area (TPSA) is 60.7 Å². The van der Waals surface area contributed by atoms with Crippen molar-refractivity contribution in [3.8, 4) is 5.75 Å². The summed E-state index contributed by atoms with van der Waals surface area (Å²) < 4.78 is 13.5. The zero-order chi connectivity index (χ0) is 19.5. The summed E-state index contributed by atoms with van der Waals surface area (Å²) in [5.74, 6) is -0.155. The van der Waals surface area contributed by atoms with Gasteiger partial charge in [-0.1, -0.05) is 12.1 Å². The summed E-state index contributed by atoms with van der Waals surface area (Å²) in [4.78, 5) is 13.8. The van der Waals surface area contributed by atoms with Crippen molar-refractivity contribution in [1.82, 2.24) is 4.57 Å². The van der Waals surface area contributed by atoms with Crippen LogP contribution in [0.1, 0.15) is 12.5 Å². The second-order valence-corrected chi connectivity index (χ2v) is 8.20. The number of hydrogen-bond donors (Lipinski definition) is 1. The summed E-state index contributed by atoms with van der Waals surface area (Å²) in [6.07, 6.45) is -0.466. The van der Waals surface area contributed by atoms with Crippen molar-refractivity contribution in [1.29, 1.82) is 0 Å². The first-order chi connectivity index (χ1) is 13.7. The third-order valence-corrected chi connectivity index (χ3v) is 6.51. The van der Waals surface area contributed by atoms with E-state index < -0.39 is 12.1 Å². The van der Waals surface area contributed by atoms with Crippen LogP contribution < -0.4 is 4.74 Å². The fourth-order valence-electron chi connectivity index (χ4n) is 3.34. The number of benzene rings is 1. The van der Waals surface area contributed by atoms with Gasteiger partial charge in [-0.05, 0) is 47.5 Å². The molecule has 0 bridgehead atoms. The second-order valence-electron chi connectivity index (χ2n) is 6.41. The largest absolute Gasteiger partial charge is 0.492 e. The lowest BCUT2D eigenvalue weighted by molar-refractivity contribution is -0.149. The number of carbonyl (C=O) groups is 1. The predicted molar refractivity (Wildman–Crippen MR) is 114 cm³/mol. The average molecular weight is 416 g/mol. The number of rotatable bonds is 9. The Kier molecular flexibility index (Phi) is 5.66. The molecule has 7 heteroatoms. The fourth-order valence-corrected chi connectivity index (χ4v) is 5.29. The zero-order valence-electron chi connectivity index (χ0n) is 15.5. The van der Waals surface area contributed by atoms with Crippen LogP contribution in [-0.2, 0) is 22.5 Å². The van der Waals surface area contributed by atoms with E-state index >= 15 is 0 Å². The highest BCUT2D eigenvalue weighted by Crippen LogP contribution is 2.35. The number of fused-ring (bicyclic) bond motifs is 3. The van der Waals surface area contributed by atoms with Crippen LogP contribution in [0.25, 0.3) is 20.4 Å². The Balaban J connectivity index is 1.38. The van der Waals surface area contributed by atoms with Crippen molar-refractivity contribution in [3.05, 3.63) is 52.7 Å². The van der Waals surface area contributed by atoms with E-state index in [4.69, 9.17) is 9.47 Å². The van der Waals surface area contributed by atoms with Gasteiger partial charge >= 0.3 is 5.97 Å². The van der Waals surface area contributed by atoms with Crippen molar-refractivity contribution < 1.29 is 19.4 Å². The molecule has 146 valence electrons. The predicted octanol–water partition coefficient (Wildman–Crippen LogP) is 5.03. The van der Waals surface area contributed by atoms with Crippen LogP contribution in [0.3, 0.4) is 0 Å². The van der Waals surface area contributed by atoms with E-state index in [0.29, 0.717) is 19.6 Å². The van der Waals surface area contributed by atoms with Gasteiger partial charge in [-0.15, -0.1) is 22.7 Å². The first-order valence-corrected chi connectivity index (χ1v) is 10.9. The molecule has 4 rings (SSSR count). The molecule has 1 N–H and O–H groups in total. The van der Waals surface area contributed by atoms with Gasteiger partial charge in [0.1, 0.15) is 22.0 Å². The molecule has 0 aliphatic heterocycles. The van der Waals surface area contributed by atoms with E-state index in [0.717, 1.165) is 17.9 Å². The highest BCUT2D eigenvalue weighted by atomic mass is 32.1. The van der Waals surface area contributed by atoms with Gasteiger partial charge in [-0.2, -0.15) is 0 Å². The molecular formula is C21H21NO4S2. The number of carboxylic acids is 1. The second kappa shape index (κ2) is 8.34. The van der Waals surface area contributed by atoms with E-state index in [9.17, 15) is 9.90 Å². The summed E-state index contributed by atoms with van der Waals surface area (Å²) in [5, 5.41) is 16.1. The number of thiophene rings is 2. The normalized spacial score (nSPS) is 12.6. The Morgan fingerprint density at radius 1 is 1.07 bits per heavy atom. The molecule has 0 amide bonds. The molecule has 3 aromatic heterocycles. The maximum absolute atomic E-state index is 11.2. The molecular weight excluding hydrogens is 394 g/mol. The minimum absolute atomic E-state index is 0.347. The Hall–Kier alpha value is -2.35. The van der Waals surface area contributed by atoms with Crippen LogP contribution in [0.15, 0.2) is 47.2 Å². The standard InChI is InChI=1S/C21H21NO4S2/c1-2-25-18(21(23)24)13-14-3-5-15(6-4-14)26-10-9-22-19-16(7-11-27-19)17-8-12-28-20(17)22/h3-8,11-12,18H,2,9-10,13H2,1H3,(H,23,24). The van der Waals surface area contributed by atoms with Gasteiger partial charge in [0.25, 0.3) is 0 Å². The maximum Gasteiger partial charge on any atom is 0.333 e. The van der Waals surface area contributed by atoms with Gasteiger partial charge in [0.15, 0.2) is 6.10 Å². The molecule has 0 radical (unpaired) electrons. The SMILES string of the molecule is CCOC(Cc1ccc(OCCn2c3sccc3c3ccsc32)cc1)C(=O)O. The molecule has 0 fully saturated rings. The van der Waals surface area contributed by atoms with Crippen molar-refractivity contribution in [2.75, 3.05) is 13.2 Å². The number of ether oxygens (including phenoxy) is 2. The zero-order valence-corrected chi connectivity index (χ0v) is 17.1. The van der Waals surface area contributed by atoms with Gasteiger partial charge in [-0.3, -0.25) is 0 Å². The van der Waals surface area contributed by atoms with Gasteiger partial charge in [0.05, 0.1) is 6.54 Å². The number of aliphatic carboxylic acids is 1. The van der Waals surface area contributed by atoms with Crippen LogP contribution >= 0.6 is 22.7 Å². The third kappa shape index (κ3) is 3.78. The minimum atomic E-state index is -0.936. The van der Waals surface area contributed by atoms with Crippen LogP contribution in [-0.4, -0.2) is 35.0 Å². The number of carboxylic acid groups (broad SMARTS) is 1. The van der Waals surface area contributed by atoms with Crippen LogP contribution in [0, 0.1) is 0 Å². The molecule has 0 saturated carbocycles. The molecule has 3 heterocycles. The van der Waals surface area contributed by atoms with Crippen molar-refractivity contribution >= 4 is 49.1 Å². The van der Waals surface area contributed by atoms with E-state index in [2.05, 4.69) is 27.5 Å². The van der Waals surface area contributed by atoms with E-state index in [-0.39, 0.29) is 0 Å². The lowest BCUT2D eigenvalue weighted by Gasteiger charge is -2.13. The summed E-state index contributed by atoms with van der Waals surface area (Å²) in [7, 11) is 0. The van der Waals surface area contributed by atoms with Gasteiger partial charge in [0, 0.05) is 23.8 Å². The number of aromatic nitrogens is 1. The van der Waals surface area contributed by atoms with Crippen molar-refractivity contribution in [3.63, 3.8) is 0 Å². The minimum Gasteiger partial charge on any atom is -0.492 e. The number of nitrogens with zero attached hydrogens (tertiary/aromatic N) is 1. The highest BCUT2D eigenvalue weighted by molar-refractivity contribution is 7.19. The summed E-state index contributed by atoms with van der Waals surface area (Å²) >= 11 is 3.52.